The molecule has 51 heavy (non-hydrogen) atoms. The lowest BCUT2D eigenvalue weighted by molar-refractivity contribution is -0.933. The van der Waals surface area contributed by atoms with Crippen LogP contribution < -0.4 is 15.2 Å². The fourth-order valence-electron chi connectivity index (χ4n) is 6.28. The van der Waals surface area contributed by atoms with Crippen molar-refractivity contribution in [2.24, 2.45) is 5.73 Å². The van der Waals surface area contributed by atoms with E-state index >= 15 is 0 Å². The lowest BCUT2D eigenvalue weighted by Crippen LogP contribution is -2.58. The normalized spacial score (nSPS) is 15.6. The topological polar surface area (TPSA) is 140 Å². The number of rotatable bonds is 32. The van der Waals surface area contributed by atoms with Gasteiger partial charge in [0.1, 0.15) is 24.7 Å². The maximum Gasteiger partial charge on any atom is 0.119 e. The molecule has 0 bridgehead atoms. The molecule has 1 heterocycles. The molecule has 0 aliphatic carbocycles. The van der Waals surface area contributed by atoms with Crippen LogP contribution in [-0.2, 0) is 41.3 Å². The van der Waals surface area contributed by atoms with Crippen LogP contribution in [0.15, 0.2) is 48.5 Å². The first-order valence-corrected chi connectivity index (χ1v) is 18.8. The third-order valence-corrected chi connectivity index (χ3v) is 8.82. The van der Waals surface area contributed by atoms with Gasteiger partial charge in [-0.15, -0.1) is 0 Å². The molecule has 0 spiro atoms. The van der Waals surface area contributed by atoms with E-state index in [0.717, 1.165) is 67.7 Å². The van der Waals surface area contributed by atoms with Gasteiger partial charge in [-0.3, -0.25) is 0 Å². The number of piperidine rings is 1. The second-order valence-corrected chi connectivity index (χ2v) is 12.9. The van der Waals surface area contributed by atoms with Gasteiger partial charge in [0, 0.05) is 12.8 Å². The number of hydrogen-bond donors (Lipinski definition) is 3. The van der Waals surface area contributed by atoms with E-state index in [4.69, 9.17) is 53.8 Å². The van der Waals surface area contributed by atoms with Gasteiger partial charge in [0.2, 0.25) is 0 Å². The first-order chi connectivity index (χ1) is 25.1. The predicted octanol–water partition coefficient (Wildman–Crippen LogP) is 3.03. The number of nitrogens with two attached hydrogens (primary N) is 1. The Labute approximate surface area is 305 Å². The number of aliphatic hydroxyl groups is 2. The number of hydrogen-bond acceptors (Lipinski definition) is 11. The van der Waals surface area contributed by atoms with Crippen LogP contribution in [0.1, 0.15) is 36.8 Å². The van der Waals surface area contributed by atoms with Crippen molar-refractivity contribution in [1.29, 1.82) is 0 Å². The van der Waals surface area contributed by atoms with E-state index in [1.807, 2.05) is 0 Å². The molecule has 12 heteroatoms. The molecule has 2 aromatic carbocycles. The molecule has 12 nitrogen and oxygen atoms in total. The van der Waals surface area contributed by atoms with Crippen molar-refractivity contribution in [2.45, 2.75) is 44.6 Å². The minimum atomic E-state index is 0.0288. The predicted molar refractivity (Wildman–Crippen MR) is 197 cm³/mol. The molecule has 290 valence electrons. The monoisotopic (exact) mass is 721 g/mol. The van der Waals surface area contributed by atoms with Crippen molar-refractivity contribution in [3.63, 3.8) is 0 Å². The Morgan fingerprint density at radius 3 is 1.27 bits per heavy atom. The summed E-state index contributed by atoms with van der Waals surface area (Å²) in [5.41, 5.74) is 9.18. The van der Waals surface area contributed by atoms with E-state index in [0.29, 0.717) is 92.5 Å². The highest BCUT2D eigenvalue weighted by Gasteiger charge is 2.32. The number of aliphatic hydroxyl groups excluding tert-OH is 2. The number of benzene rings is 2. The number of aryl methyl sites for hydroxylation is 2. The average molecular weight is 722 g/mol. The first kappa shape index (κ1) is 43.0. The third-order valence-electron chi connectivity index (χ3n) is 8.82. The van der Waals surface area contributed by atoms with Gasteiger partial charge >= 0.3 is 0 Å². The molecule has 2 aromatic rings. The van der Waals surface area contributed by atoms with Crippen LogP contribution in [0.2, 0.25) is 0 Å². The molecule has 0 saturated carbocycles. The highest BCUT2D eigenvalue weighted by Crippen LogP contribution is 2.23. The van der Waals surface area contributed by atoms with Crippen molar-refractivity contribution in [1.82, 2.24) is 0 Å². The second-order valence-electron chi connectivity index (χ2n) is 12.9. The van der Waals surface area contributed by atoms with E-state index in [2.05, 4.69) is 48.5 Å². The van der Waals surface area contributed by atoms with Crippen LogP contribution in [0, 0.1) is 0 Å². The van der Waals surface area contributed by atoms with Crippen LogP contribution >= 0.6 is 0 Å². The van der Waals surface area contributed by atoms with Crippen molar-refractivity contribution in [2.75, 3.05) is 132 Å². The van der Waals surface area contributed by atoms with Gasteiger partial charge in [-0.1, -0.05) is 24.3 Å². The lowest BCUT2D eigenvalue weighted by atomic mass is 10.00. The molecule has 1 aliphatic heterocycles. The SMILES string of the molecule is N[C@H]1CCC[N+](CCCc2ccc(OCCOCCOCCOCCO)cc2)(CCCc2ccc(OCCOCCOCCOCCO)cc2)C1. The zero-order valence-electron chi connectivity index (χ0n) is 30.8. The number of ether oxygens (including phenoxy) is 8. The van der Waals surface area contributed by atoms with Crippen LogP contribution in [0.4, 0.5) is 0 Å². The molecule has 0 amide bonds. The maximum absolute atomic E-state index is 8.67. The Hall–Kier alpha value is -2.36. The summed E-state index contributed by atoms with van der Waals surface area (Å²) >= 11 is 0. The molecule has 1 atom stereocenters. The minimum Gasteiger partial charge on any atom is -0.491 e. The van der Waals surface area contributed by atoms with E-state index in [1.165, 1.54) is 24.1 Å². The van der Waals surface area contributed by atoms with Crippen molar-refractivity contribution in [3.8, 4) is 11.5 Å². The van der Waals surface area contributed by atoms with Gasteiger partial charge in [-0.2, -0.15) is 0 Å². The van der Waals surface area contributed by atoms with E-state index in [1.54, 1.807) is 0 Å². The highest BCUT2D eigenvalue weighted by molar-refractivity contribution is 5.28. The molecule has 0 unspecified atom stereocenters. The van der Waals surface area contributed by atoms with Gasteiger partial charge in [0.25, 0.3) is 0 Å². The zero-order chi connectivity index (χ0) is 36.1. The van der Waals surface area contributed by atoms with Gasteiger partial charge in [-0.25, -0.2) is 0 Å². The fourth-order valence-corrected chi connectivity index (χ4v) is 6.28. The Kier molecular flexibility index (Phi) is 23.8. The number of nitrogens with zero attached hydrogens (tertiary/aromatic N) is 1. The summed E-state index contributed by atoms with van der Waals surface area (Å²) in [4.78, 5) is 0. The van der Waals surface area contributed by atoms with Gasteiger partial charge in [0.05, 0.1) is 125 Å². The Morgan fingerprint density at radius 1 is 0.529 bits per heavy atom. The molecule has 1 fully saturated rings. The number of quaternary nitrogens is 1. The van der Waals surface area contributed by atoms with Crippen molar-refractivity contribution in [3.05, 3.63) is 59.7 Å². The van der Waals surface area contributed by atoms with Crippen LogP contribution in [0.3, 0.4) is 0 Å². The van der Waals surface area contributed by atoms with E-state index < -0.39 is 0 Å². The van der Waals surface area contributed by atoms with Crippen molar-refractivity contribution < 1.29 is 52.6 Å². The molecular formula is C39H65N2O10+. The smallest absolute Gasteiger partial charge is 0.119 e. The molecule has 1 aliphatic rings. The molecule has 0 radical (unpaired) electrons. The molecule has 3 rings (SSSR count). The zero-order valence-corrected chi connectivity index (χ0v) is 30.8. The Balaban J connectivity index is 1.26. The summed E-state index contributed by atoms with van der Waals surface area (Å²) in [6.45, 7) is 11.3. The minimum absolute atomic E-state index is 0.0288. The largest absolute Gasteiger partial charge is 0.491 e. The van der Waals surface area contributed by atoms with Crippen LogP contribution in [0.25, 0.3) is 0 Å². The average Bonchev–Trinajstić information content (AvgIpc) is 3.14. The highest BCUT2D eigenvalue weighted by atomic mass is 16.6. The van der Waals surface area contributed by atoms with E-state index in [9.17, 15) is 0 Å². The number of likely N-dealkylation sites (tertiary alicyclic amines) is 1. The maximum atomic E-state index is 8.67. The second kappa shape index (κ2) is 28.2. The van der Waals surface area contributed by atoms with Crippen molar-refractivity contribution >= 4 is 0 Å². The fraction of sp³-hybridized carbons (Fsp3) is 0.692. The summed E-state index contributed by atoms with van der Waals surface area (Å²) < 4.78 is 45.1. The molecule has 4 N–H and O–H groups in total. The summed E-state index contributed by atoms with van der Waals surface area (Å²) in [6, 6.07) is 17.2. The molecule has 1 saturated heterocycles. The Bertz CT molecular complexity index is 1020. The Morgan fingerprint density at radius 2 is 0.902 bits per heavy atom. The molecule has 0 aromatic heterocycles. The molecular weight excluding hydrogens is 656 g/mol. The standard InChI is InChI=1S/C39H65N2O10/c40-37-6-3-17-41(34-37,15-1-4-35-7-11-38(12-8-35)50-32-30-48-28-26-46-24-22-44-20-18-42)16-2-5-36-9-13-39(14-10-36)51-33-31-49-29-27-47-25-23-45-21-19-43/h7-14,37,42-43H,1-6,15-34,40H2/q+1/t37-/m0/s1. The lowest BCUT2D eigenvalue weighted by Gasteiger charge is -2.44. The summed E-state index contributed by atoms with van der Waals surface area (Å²) in [7, 11) is 0. The summed E-state index contributed by atoms with van der Waals surface area (Å²) in [6.07, 6.45) is 6.70. The van der Waals surface area contributed by atoms with Gasteiger partial charge < -0.3 is 58.3 Å². The first-order valence-electron chi connectivity index (χ1n) is 18.8. The van der Waals surface area contributed by atoms with E-state index in [-0.39, 0.29) is 19.3 Å². The third kappa shape index (κ3) is 20.5. The summed E-state index contributed by atoms with van der Waals surface area (Å²) in [5.74, 6) is 1.71. The van der Waals surface area contributed by atoms with Crippen LogP contribution in [0.5, 0.6) is 11.5 Å². The van der Waals surface area contributed by atoms with Gasteiger partial charge in [0.15, 0.2) is 0 Å². The van der Waals surface area contributed by atoms with Crippen LogP contribution in [-0.4, -0.2) is 153 Å². The van der Waals surface area contributed by atoms with Gasteiger partial charge in [-0.05, 0) is 61.1 Å². The quantitative estimate of drug-likeness (QED) is 0.0759. The summed E-state index contributed by atoms with van der Waals surface area (Å²) in [5, 5.41) is 17.3.